The van der Waals surface area contributed by atoms with E-state index in [9.17, 15) is 0 Å². The fourth-order valence-corrected chi connectivity index (χ4v) is 3.68. The van der Waals surface area contributed by atoms with Crippen molar-refractivity contribution in [3.8, 4) is 22.3 Å². The highest BCUT2D eigenvalue weighted by molar-refractivity contribution is 9.10. The first-order valence-corrected chi connectivity index (χ1v) is 10.5. The zero-order valence-electron chi connectivity index (χ0n) is 14.7. The molecule has 0 aromatic heterocycles. The predicted octanol–water partition coefficient (Wildman–Crippen LogP) is 8.14. The Bertz CT molecular complexity index is 927. The average molecular weight is 478 g/mol. The Morgan fingerprint density at radius 1 is 0.370 bits per heavy atom. The van der Waals surface area contributed by atoms with Gasteiger partial charge in [-0.15, -0.1) is 0 Å². The molecule has 0 aliphatic heterocycles. The van der Waals surface area contributed by atoms with Gasteiger partial charge in [0.15, 0.2) is 0 Å². The first-order chi connectivity index (χ1) is 13.2. The third kappa shape index (κ3) is 4.58. The molecule has 132 valence electrons. The summed E-state index contributed by atoms with van der Waals surface area (Å²) in [6.07, 6.45) is 0.946. The Morgan fingerprint density at radius 2 is 0.630 bits per heavy atom. The Labute approximate surface area is 177 Å². The van der Waals surface area contributed by atoms with E-state index in [-0.39, 0.29) is 0 Å². The van der Waals surface area contributed by atoms with Gasteiger partial charge in [-0.1, -0.05) is 105 Å². The first kappa shape index (κ1) is 18.2. The van der Waals surface area contributed by atoms with Gasteiger partial charge in [0.05, 0.1) is 0 Å². The van der Waals surface area contributed by atoms with Crippen LogP contribution in [0.25, 0.3) is 22.3 Å². The highest BCUT2D eigenvalue weighted by Crippen LogP contribution is 2.25. The summed E-state index contributed by atoms with van der Waals surface area (Å²) in [5, 5.41) is 0. The molecule has 0 atom stereocenters. The molecule has 0 bridgehead atoms. The van der Waals surface area contributed by atoms with Crippen LogP contribution >= 0.6 is 31.9 Å². The average Bonchev–Trinajstić information content (AvgIpc) is 2.71. The second kappa shape index (κ2) is 8.24. The summed E-state index contributed by atoms with van der Waals surface area (Å²) in [6, 6.07) is 34.6. The molecular weight excluding hydrogens is 460 g/mol. The topological polar surface area (TPSA) is 0 Å². The van der Waals surface area contributed by atoms with E-state index in [1.807, 2.05) is 0 Å². The maximum atomic E-state index is 3.49. The minimum Gasteiger partial charge on any atom is -0.0581 e. The van der Waals surface area contributed by atoms with Crippen molar-refractivity contribution < 1.29 is 0 Å². The number of benzene rings is 4. The lowest BCUT2D eigenvalue weighted by Gasteiger charge is -2.07. The molecule has 0 unspecified atom stereocenters. The Morgan fingerprint density at radius 3 is 0.926 bits per heavy atom. The summed E-state index contributed by atoms with van der Waals surface area (Å²) in [4.78, 5) is 0. The quantitative estimate of drug-likeness (QED) is 0.278. The number of hydrogen-bond acceptors (Lipinski definition) is 0. The lowest BCUT2D eigenvalue weighted by molar-refractivity contribution is 1.19. The summed E-state index contributed by atoms with van der Waals surface area (Å²) >= 11 is 6.98. The summed E-state index contributed by atoms with van der Waals surface area (Å²) < 4.78 is 2.21. The van der Waals surface area contributed by atoms with Crippen LogP contribution < -0.4 is 0 Å². The van der Waals surface area contributed by atoms with E-state index in [0.29, 0.717) is 0 Å². The van der Waals surface area contributed by atoms with Crippen LogP contribution in [0.15, 0.2) is 106 Å². The van der Waals surface area contributed by atoms with Crippen LogP contribution in [-0.4, -0.2) is 0 Å². The molecule has 0 fully saturated rings. The van der Waals surface area contributed by atoms with Gasteiger partial charge in [-0.05, 0) is 64.1 Å². The zero-order chi connectivity index (χ0) is 18.6. The molecule has 4 rings (SSSR count). The normalized spacial score (nSPS) is 10.7. The summed E-state index contributed by atoms with van der Waals surface area (Å²) in [5.41, 5.74) is 7.63. The van der Waals surface area contributed by atoms with Gasteiger partial charge >= 0.3 is 0 Å². The van der Waals surface area contributed by atoms with Gasteiger partial charge in [0, 0.05) is 8.95 Å². The molecule has 0 radical (unpaired) electrons. The lowest BCUT2D eigenvalue weighted by atomic mass is 9.98. The van der Waals surface area contributed by atoms with Crippen molar-refractivity contribution in [2.75, 3.05) is 0 Å². The van der Waals surface area contributed by atoms with Gasteiger partial charge in [-0.25, -0.2) is 0 Å². The molecule has 4 aromatic rings. The molecule has 0 nitrogen and oxygen atoms in total. The van der Waals surface area contributed by atoms with Gasteiger partial charge in [-0.2, -0.15) is 0 Å². The molecule has 0 heterocycles. The molecule has 0 amide bonds. The maximum absolute atomic E-state index is 3.49. The van der Waals surface area contributed by atoms with Crippen molar-refractivity contribution in [3.05, 3.63) is 117 Å². The van der Waals surface area contributed by atoms with Crippen LogP contribution in [0.5, 0.6) is 0 Å². The van der Waals surface area contributed by atoms with Gasteiger partial charge in [0.1, 0.15) is 0 Å². The van der Waals surface area contributed by atoms with Crippen molar-refractivity contribution in [3.63, 3.8) is 0 Å². The number of hydrogen-bond donors (Lipinski definition) is 0. The zero-order valence-corrected chi connectivity index (χ0v) is 17.9. The van der Waals surface area contributed by atoms with Gasteiger partial charge in [-0.3, -0.25) is 0 Å². The monoisotopic (exact) mass is 476 g/mol. The SMILES string of the molecule is Brc1ccc(-c2ccc(Cc3ccc(-c4ccc(Br)cc4)cc3)cc2)cc1. The molecule has 27 heavy (non-hydrogen) atoms. The van der Waals surface area contributed by atoms with Gasteiger partial charge < -0.3 is 0 Å². The van der Waals surface area contributed by atoms with E-state index in [2.05, 4.69) is 129 Å². The van der Waals surface area contributed by atoms with Crippen molar-refractivity contribution in [2.45, 2.75) is 6.42 Å². The molecule has 0 aliphatic carbocycles. The van der Waals surface area contributed by atoms with E-state index in [4.69, 9.17) is 0 Å². The standard InChI is InChI=1S/C25H18Br2/c26-24-13-9-22(10-14-24)20-5-1-18(2-6-20)17-19-3-7-21(8-4-19)23-11-15-25(27)16-12-23/h1-16H,17H2. The minimum absolute atomic E-state index is 0.946. The van der Waals surface area contributed by atoms with Crippen LogP contribution in [0.1, 0.15) is 11.1 Å². The number of rotatable bonds is 4. The largest absolute Gasteiger partial charge is 0.0581 e. The van der Waals surface area contributed by atoms with Crippen molar-refractivity contribution >= 4 is 31.9 Å². The molecular formula is C25H18Br2. The second-order valence-electron chi connectivity index (χ2n) is 6.58. The van der Waals surface area contributed by atoms with Gasteiger partial charge in [0.2, 0.25) is 0 Å². The van der Waals surface area contributed by atoms with Crippen molar-refractivity contribution in [1.29, 1.82) is 0 Å². The van der Waals surface area contributed by atoms with Crippen molar-refractivity contribution in [2.24, 2.45) is 0 Å². The highest BCUT2D eigenvalue weighted by atomic mass is 79.9. The molecule has 2 heteroatoms. The van der Waals surface area contributed by atoms with E-state index >= 15 is 0 Å². The summed E-state index contributed by atoms with van der Waals surface area (Å²) in [7, 11) is 0. The molecule has 4 aromatic carbocycles. The number of halogens is 2. The Kier molecular flexibility index (Phi) is 5.56. The second-order valence-corrected chi connectivity index (χ2v) is 8.42. The van der Waals surface area contributed by atoms with Crippen molar-refractivity contribution in [1.82, 2.24) is 0 Å². The molecule has 0 aliphatic rings. The Balaban J connectivity index is 1.47. The molecule has 0 saturated carbocycles. The fraction of sp³-hybridized carbons (Fsp3) is 0.0400. The molecule has 0 saturated heterocycles. The smallest absolute Gasteiger partial charge is 0.0175 e. The van der Waals surface area contributed by atoms with Crippen LogP contribution in [-0.2, 0) is 6.42 Å². The van der Waals surface area contributed by atoms with E-state index < -0.39 is 0 Å². The van der Waals surface area contributed by atoms with Crippen LogP contribution in [0.3, 0.4) is 0 Å². The highest BCUT2D eigenvalue weighted by Gasteiger charge is 2.02. The minimum atomic E-state index is 0.946. The van der Waals surface area contributed by atoms with Crippen LogP contribution in [0.4, 0.5) is 0 Å². The maximum Gasteiger partial charge on any atom is 0.0175 e. The summed E-state index contributed by atoms with van der Waals surface area (Å²) in [5.74, 6) is 0. The third-order valence-corrected chi connectivity index (χ3v) is 5.73. The molecule has 0 N–H and O–H groups in total. The summed E-state index contributed by atoms with van der Waals surface area (Å²) in [6.45, 7) is 0. The fourth-order valence-electron chi connectivity index (χ4n) is 3.15. The predicted molar refractivity (Wildman–Crippen MR) is 122 cm³/mol. The van der Waals surface area contributed by atoms with Crippen LogP contribution in [0, 0.1) is 0 Å². The third-order valence-electron chi connectivity index (χ3n) is 4.67. The van der Waals surface area contributed by atoms with E-state index in [1.54, 1.807) is 0 Å². The van der Waals surface area contributed by atoms with E-state index in [1.165, 1.54) is 33.4 Å². The van der Waals surface area contributed by atoms with Crippen LogP contribution in [0.2, 0.25) is 0 Å². The molecule has 0 spiro atoms. The first-order valence-electron chi connectivity index (χ1n) is 8.87. The van der Waals surface area contributed by atoms with Gasteiger partial charge in [0.25, 0.3) is 0 Å². The lowest BCUT2D eigenvalue weighted by Crippen LogP contribution is -1.89. The van der Waals surface area contributed by atoms with E-state index in [0.717, 1.165) is 15.4 Å². The Hall–Kier alpha value is -2.16.